The zero-order valence-electron chi connectivity index (χ0n) is 10.9. The molecule has 0 spiro atoms. The quantitative estimate of drug-likeness (QED) is 0.347. The summed E-state index contributed by atoms with van der Waals surface area (Å²) in [6, 6.07) is 15.3. The second kappa shape index (κ2) is 6.89. The molecule has 0 fully saturated rings. The molecule has 0 saturated heterocycles. The molecule has 98 valence electrons. The average Bonchev–Trinajstić information content (AvgIpc) is 2.52. The zero-order valence-corrected chi connectivity index (χ0v) is 10.9. The second-order valence-electron chi connectivity index (χ2n) is 4.13. The lowest BCUT2D eigenvalue weighted by atomic mass is 10.1. The maximum Gasteiger partial charge on any atom is 0.123 e. The highest BCUT2D eigenvalue weighted by atomic mass is 16.5. The third kappa shape index (κ3) is 3.55. The predicted octanol–water partition coefficient (Wildman–Crippen LogP) is 4.06. The lowest BCUT2D eigenvalue weighted by Gasteiger charge is -2.10. The van der Waals surface area contributed by atoms with Crippen LogP contribution < -0.4 is 4.74 Å². The summed E-state index contributed by atoms with van der Waals surface area (Å²) in [7, 11) is 0. The average molecular weight is 263 g/mol. The van der Waals surface area contributed by atoms with Crippen LogP contribution in [0.1, 0.15) is 16.7 Å². The fourth-order valence-electron chi connectivity index (χ4n) is 1.78. The molecule has 0 amide bonds. The first-order valence-corrected chi connectivity index (χ1v) is 6.10. The number of hydrogen-bond acceptors (Lipinski definition) is 2. The third-order valence-electron chi connectivity index (χ3n) is 2.77. The van der Waals surface area contributed by atoms with E-state index in [0.717, 1.165) is 16.7 Å². The van der Waals surface area contributed by atoms with Crippen molar-refractivity contribution < 1.29 is 4.74 Å². The lowest BCUT2D eigenvalue weighted by molar-refractivity contribution is 0.303. The van der Waals surface area contributed by atoms with Crippen LogP contribution >= 0.6 is 0 Å². The van der Waals surface area contributed by atoms with Gasteiger partial charge in [0, 0.05) is 16.0 Å². The molecule has 0 saturated carbocycles. The molecule has 0 radical (unpaired) electrons. The van der Waals surface area contributed by atoms with Crippen molar-refractivity contribution in [3.8, 4) is 18.1 Å². The number of azide groups is 1. The number of benzene rings is 2. The Morgan fingerprint density at radius 1 is 1.20 bits per heavy atom. The number of terminal acetylenes is 1. The van der Waals surface area contributed by atoms with E-state index in [4.69, 9.17) is 16.7 Å². The summed E-state index contributed by atoms with van der Waals surface area (Å²) in [5.41, 5.74) is 11.0. The summed E-state index contributed by atoms with van der Waals surface area (Å²) in [5.74, 6) is 3.24. The Kier molecular flexibility index (Phi) is 4.66. The van der Waals surface area contributed by atoms with Crippen molar-refractivity contribution in [1.29, 1.82) is 0 Å². The van der Waals surface area contributed by atoms with Crippen molar-refractivity contribution >= 4 is 0 Å². The van der Waals surface area contributed by atoms with E-state index in [1.54, 1.807) is 18.2 Å². The van der Waals surface area contributed by atoms with Gasteiger partial charge in [0.1, 0.15) is 12.4 Å². The summed E-state index contributed by atoms with van der Waals surface area (Å²) in [6.45, 7) is 0.676. The molecule has 20 heavy (non-hydrogen) atoms. The Labute approximate surface area is 117 Å². The predicted molar refractivity (Wildman–Crippen MR) is 78.0 cm³/mol. The van der Waals surface area contributed by atoms with Crippen LogP contribution in [0.5, 0.6) is 5.75 Å². The maximum atomic E-state index is 8.43. The van der Waals surface area contributed by atoms with E-state index in [-0.39, 0.29) is 6.54 Å². The normalized spacial score (nSPS) is 9.35. The van der Waals surface area contributed by atoms with Gasteiger partial charge in [-0.1, -0.05) is 41.4 Å². The molecule has 4 nitrogen and oxygen atoms in total. The Hall–Kier alpha value is -2.89. The SMILES string of the molecule is C#Cc1ccc(OCc2ccccc2)c(CN=[N+]=[N-])c1. The summed E-state index contributed by atoms with van der Waals surface area (Å²) in [5, 5.41) is 3.57. The Balaban J connectivity index is 2.17. The molecule has 0 heterocycles. The Bertz CT molecular complexity index is 668. The van der Waals surface area contributed by atoms with Crippen LogP contribution in [0.2, 0.25) is 0 Å². The van der Waals surface area contributed by atoms with Crippen molar-refractivity contribution in [2.75, 3.05) is 0 Å². The van der Waals surface area contributed by atoms with Crippen LogP contribution in [-0.4, -0.2) is 0 Å². The van der Waals surface area contributed by atoms with E-state index in [0.29, 0.717) is 12.4 Å². The highest BCUT2D eigenvalue weighted by Gasteiger charge is 2.04. The highest BCUT2D eigenvalue weighted by Crippen LogP contribution is 2.22. The van der Waals surface area contributed by atoms with Crippen molar-refractivity contribution in [2.45, 2.75) is 13.2 Å². The molecule has 2 rings (SSSR count). The summed E-state index contributed by atoms with van der Waals surface area (Å²) < 4.78 is 5.77. The standard InChI is InChI=1S/C16H13N3O/c1-2-13-8-9-16(15(10-13)11-18-19-17)20-12-14-6-4-3-5-7-14/h1,3-10H,11-12H2. The fraction of sp³-hybridized carbons (Fsp3) is 0.125. The second-order valence-corrected chi connectivity index (χ2v) is 4.13. The van der Waals surface area contributed by atoms with Crippen LogP contribution in [0.25, 0.3) is 10.4 Å². The van der Waals surface area contributed by atoms with Gasteiger partial charge in [-0.25, -0.2) is 0 Å². The molecule has 0 aliphatic carbocycles. The fourth-order valence-corrected chi connectivity index (χ4v) is 1.78. The lowest BCUT2D eigenvalue weighted by Crippen LogP contribution is -1.98. The first-order chi connectivity index (χ1) is 9.83. The van der Waals surface area contributed by atoms with E-state index < -0.39 is 0 Å². The first kappa shape index (κ1) is 13.5. The Morgan fingerprint density at radius 3 is 2.70 bits per heavy atom. The van der Waals surface area contributed by atoms with Gasteiger partial charge >= 0.3 is 0 Å². The van der Waals surface area contributed by atoms with E-state index >= 15 is 0 Å². The van der Waals surface area contributed by atoms with Gasteiger partial charge in [-0.2, -0.15) is 0 Å². The monoisotopic (exact) mass is 263 g/mol. The van der Waals surface area contributed by atoms with Crippen molar-refractivity contribution in [1.82, 2.24) is 0 Å². The van der Waals surface area contributed by atoms with Gasteiger partial charge in [-0.3, -0.25) is 0 Å². The van der Waals surface area contributed by atoms with Crippen LogP contribution in [0.15, 0.2) is 53.6 Å². The number of ether oxygens (including phenoxy) is 1. The Morgan fingerprint density at radius 2 is 2.00 bits per heavy atom. The van der Waals surface area contributed by atoms with Crippen molar-refractivity contribution in [2.24, 2.45) is 5.11 Å². The molecule has 0 N–H and O–H groups in total. The number of nitrogens with zero attached hydrogens (tertiary/aromatic N) is 3. The van der Waals surface area contributed by atoms with Crippen molar-refractivity contribution in [3.05, 3.63) is 75.7 Å². The molecule has 0 atom stereocenters. The molecule has 0 aliphatic heterocycles. The minimum atomic E-state index is 0.218. The van der Waals surface area contributed by atoms with Gasteiger partial charge < -0.3 is 4.74 Å². The first-order valence-electron chi connectivity index (χ1n) is 6.10. The highest BCUT2D eigenvalue weighted by molar-refractivity contribution is 5.43. The van der Waals surface area contributed by atoms with E-state index in [1.807, 2.05) is 30.3 Å². The van der Waals surface area contributed by atoms with E-state index in [1.165, 1.54) is 0 Å². The number of rotatable bonds is 5. The van der Waals surface area contributed by atoms with Gasteiger partial charge in [0.15, 0.2) is 0 Å². The molecule has 0 aromatic heterocycles. The van der Waals surface area contributed by atoms with Gasteiger partial charge in [0.2, 0.25) is 0 Å². The summed E-state index contributed by atoms with van der Waals surface area (Å²) >= 11 is 0. The topological polar surface area (TPSA) is 58.0 Å². The largest absolute Gasteiger partial charge is 0.489 e. The smallest absolute Gasteiger partial charge is 0.123 e. The number of hydrogen-bond donors (Lipinski definition) is 0. The van der Waals surface area contributed by atoms with E-state index in [9.17, 15) is 0 Å². The van der Waals surface area contributed by atoms with Gasteiger partial charge in [0.25, 0.3) is 0 Å². The molecule has 2 aromatic carbocycles. The molecule has 0 aliphatic rings. The van der Waals surface area contributed by atoms with Crippen LogP contribution in [0, 0.1) is 12.3 Å². The van der Waals surface area contributed by atoms with Gasteiger partial charge in [-0.05, 0) is 29.3 Å². The molecule has 0 unspecified atom stereocenters. The molecular weight excluding hydrogens is 250 g/mol. The minimum absolute atomic E-state index is 0.218. The molecule has 4 heteroatoms. The third-order valence-corrected chi connectivity index (χ3v) is 2.77. The summed E-state index contributed by atoms with van der Waals surface area (Å²) in [4.78, 5) is 2.76. The van der Waals surface area contributed by atoms with Gasteiger partial charge in [-0.15, -0.1) is 6.42 Å². The van der Waals surface area contributed by atoms with E-state index in [2.05, 4.69) is 15.9 Å². The molecular formula is C16H13N3O. The van der Waals surface area contributed by atoms with Crippen LogP contribution in [-0.2, 0) is 13.2 Å². The van der Waals surface area contributed by atoms with Crippen LogP contribution in [0.4, 0.5) is 0 Å². The summed E-state index contributed by atoms with van der Waals surface area (Å²) in [6.07, 6.45) is 5.37. The van der Waals surface area contributed by atoms with Crippen LogP contribution in [0.3, 0.4) is 0 Å². The zero-order chi connectivity index (χ0) is 14.2. The molecule has 0 bridgehead atoms. The molecule has 2 aromatic rings. The maximum absolute atomic E-state index is 8.43. The van der Waals surface area contributed by atoms with Crippen molar-refractivity contribution in [3.63, 3.8) is 0 Å². The van der Waals surface area contributed by atoms with Gasteiger partial charge in [0.05, 0.1) is 6.54 Å². The minimum Gasteiger partial charge on any atom is -0.489 e.